The smallest absolute Gasteiger partial charge is 0.234 e. The highest BCUT2D eigenvalue weighted by molar-refractivity contribution is 7.99. The maximum Gasteiger partial charge on any atom is 0.234 e. The van der Waals surface area contributed by atoms with Crippen LogP contribution in [0.25, 0.3) is 0 Å². The molecule has 0 spiro atoms. The molecule has 0 saturated heterocycles. The quantitative estimate of drug-likeness (QED) is 0.318. The van der Waals surface area contributed by atoms with Gasteiger partial charge in [0.2, 0.25) is 12.7 Å². The summed E-state index contributed by atoms with van der Waals surface area (Å²) < 4.78 is 23.9. The summed E-state index contributed by atoms with van der Waals surface area (Å²) in [5.74, 6) is 3.31. The van der Waals surface area contributed by atoms with E-state index in [4.69, 9.17) is 18.9 Å². The SMILES string of the molecule is COc1cccc(OCc2nnc(SCC(=O)Nc3ccc4c(c3)OCO4)n2Cc2ccccc2)c1. The maximum atomic E-state index is 12.6. The van der Waals surface area contributed by atoms with Crippen LogP contribution in [0, 0.1) is 0 Å². The third kappa shape index (κ3) is 5.72. The Hall–Kier alpha value is -4.18. The number of aromatic nitrogens is 3. The van der Waals surface area contributed by atoms with Gasteiger partial charge in [0.05, 0.1) is 19.4 Å². The first kappa shape index (κ1) is 23.6. The molecule has 1 amide bonds. The monoisotopic (exact) mass is 504 g/mol. The van der Waals surface area contributed by atoms with Gasteiger partial charge < -0.3 is 24.3 Å². The second kappa shape index (κ2) is 11.0. The average molecular weight is 505 g/mol. The molecule has 0 radical (unpaired) electrons. The summed E-state index contributed by atoms with van der Waals surface area (Å²) in [6.07, 6.45) is 0. The normalized spacial score (nSPS) is 11.8. The lowest BCUT2D eigenvalue weighted by Gasteiger charge is -2.12. The summed E-state index contributed by atoms with van der Waals surface area (Å²) in [7, 11) is 1.61. The summed E-state index contributed by atoms with van der Waals surface area (Å²) in [4.78, 5) is 12.6. The van der Waals surface area contributed by atoms with Crippen molar-refractivity contribution in [3.63, 3.8) is 0 Å². The van der Waals surface area contributed by atoms with Gasteiger partial charge in [0.25, 0.3) is 0 Å². The lowest BCUT2D eigenvalue weighted by molar-refractivity contribution is -0.113. The van der Waals surface area contributed by atoms with Crippen LogP contribution in [-0.2, 0) is 17.9 Å². The van der Waals surface area contributed by atoms with Crippen molar-refractivity contribution >= 4 is 23.4 Å². The zero-order valence-electron chi connectivity index (χ0n) is 19.5. The standard InChI is InChI=1S/C26H24N4O5S/c1-32-20-8-5-9-21(13-20)33-15-24-28-29-26(30(24)14-18-6-3-2-4-7-18)36-16-25(31)27-19-10-11-22-23(12-19)35-17-34-22/h2-13H,14-17H2,1H3,(H,27,31). The van der Waals surface area contributed by atoms with Gasteiger partial charge in [0.15, 0.2) is 22.5 Å². The second-order valence-electron chi connectivity index (χ2n) is 7.84. The molecule has 0 fully saturated rings. The summed E-state index contributed by atoms with van der Waals surface area (Å²) in [6.45, 7) is 0.956. The van der Waals surface area contributed by atoms with Crippen molar-refractivity contribution in [1.82, 2.24) is 14.8 Å². The predicted molar refractivity (Wildman–Crippen MR) is 135 cm³/mol. The molecule has 36 heavy (non-hydrogen) atoms. The summed E-state index contributed by atoms with van der Waals surface area (Å²) in [5.41, 5.74) is 1.73. The Morgan fingerprint density at radius 2 is 1.83 bits per heavy atom. The molecular weight excluding hydrogens is 480 g/mol. The fourth-order valence-electron chi connectivity index (χ4n) is 3.60. The topological polar surface area (TPSA) is 96.7 Å². The summed E-state index contributed by atoms with van der Waals surface area (Å²) in [6, 6.07) is 22.7. The van der Waals surface area contributed by atoms with E-state index in [1.807, 2.05) is 59.2 Å². The number of amides is 1. The number of carbonyl (C=O) groups excluding carboxylic acids is 1. The van der Waals surface area contributed by atoms with Crippen LogP contribution in [0.4, 0.5) is 5.69 Å². The highest BCUT2D eigenvalue weighted by atomic mass is 32.2. The molecule has 5 rings (SSSR count). The van der Waals surface area contributed by atoms with Crippen molar-refractivity contribution < 1.29 is 23.7 Å². The van der Waals surface area contributed by atoms with Crippen LogP contribution >= 0.6 is 11.8 Å². The molecule has 1 aromatic heterocycles. The fourth-order valence-corrected chi connectivity index (χ4v) is 4.35. The van der Waals surface area contributed by atoms with Gasteiger partial charge in [-0.25, -0.2) is 0 Å². The van der Waals surface area contributed by atoms with E-state index >= 15 is 0 Å². The van der Waals surface area contributed by atoms with Gasteiger partial charge in [-0.3, -0.25) is 9.36 Å². The minimum atomic E-state index is -0.165. The Labute approximate surface area is 212 Å². The van der Waals surface area contributed by atoms with Crippen LogP contribution in [0.1, 0.15) is 11.4 Å². The fraction of sp³-hybridized carbons (Fsp3) is 0.192. The Balaban J connectivity index is 1.27. The molecule has 10 heteroatoms. The van der Waals surface area contributed by atoms with Gasteiger partial charge in [0.1, 0.15) is 18.1 Å². The van der Waals surface area contributed by atoms with Crippen molar-refractivity contribution in [3.8, 4) is 23.0 Å². The number of hydrogen-bond donors (Lipinski definition) is 1. The largest absolute Gasteiger partial charge is 0.497 e. The van der Waals surface area contributed by atoms with Gasteiger partial charge in [-0.15, -0.1) is 10.2 Å². The van der Waals surface area contributed by atoms with Crippen LogP contribution in [-0.4, -0.2) is 40.3 Å². The van der Waals surface area contributed by atoms with E-state index in [2.05, 4.69) is 15.5 Å². The molecule has 0 aliphatic carbocycles. The Morgan fingerprint density at radius 1 is 1.00 bits per heavy atom. The van der Waals surface area contributed by atoms with E-state index in [-0.39, 0.29) is 25.1 Å². The van der Waals surface area contributed by atoms with Gasteiger partial charge in [-0.2, -0.15) is 0 Å². The zero-order valence-corrected chi connectivity index (χ0v) is 20.4. The maximum absolute atomic E-state index is 12.6. The first-order chi connectivity index (χ1) is 17.7. The van der Waals surface area contributed by atoms with Gasteiger partial charge in [-0.05, 0) is 29.8 Å². The van der Waals surface area contributed by atoms with Crippen molar-refractivity contribution in [2.45, 2.75) is 18.3 Å². The molecule has 0 unspecified atom stereocenters. The molecule has 0 saturated carbocycles. The van der Waals surface area contributed by atoms with Gasteiger partial charge >= 0.3 is 0 Å². The highest BCUT2D eigenvalue weighted by Crippen LogP contribution is 2.34. The molecule has 4 aromatic rings. The number of nitrogens with zero attached hydrogens (tertiary/aromatic N) is 3. The summed E-state index contributed by atoms with van der Waals surface area (Å²) >= 11 is 1.31. The minimum absolute atomic E-state index is 0.165. The number of fused-ring (bicyclic) bond motifs is 1. The molecule has 9 nitrogen and oxygen atoms in total. The number of methoxy groups -OCH3 is 1. The number of rotatable bonds is 10. The van der Waals surface area contributed by atoms with Crippen molar-refractivity contribution in [2.24, 2.45) is 0 Å². The minimum Gasteiger partial charge on any atom is -0.497 e. The van der Waals surface area contributed by atoms with Crippen molar-refractivity contribution in [3.05, 3.63) is 84.2 Å². The lowest BCUT2D eigenvalue weighted by atomic mass is 10.2. The van der Waals surface area contributed by atoms with E-state index in [1.54, 1.807) is 25.3 Å². The number of carbonyl (C=O) groups is 1. The van der Waals surface area contributed by atoms with Gasteiger partial charge in [-0.1, -0.05) is 48.2 Å². The van der Waals surface area contributed by atoms with Crippen LogP contribution in [0.5, 0.6) is 23.0 Å². The molecule has 0 atom stereocenters. The lowest BCUT2D eigenvalue weighted by Crippen LogP contribution is -2.15. The number of thioether (sulfide) groups is 1. The number of nitrogens with one attached hydrogen (secondary N) is 1. The second-order valence-corrected chi connectivity index (χ2v) is 8.79. The Morgan fingerprint density at radius 3 is 2.69 bits per heavy atom. The third-order valence-corrected chi connectivity index (χ3v) is 6.34. The van der Waals surface area contributed by atoms with E-state index < -0.39 is 0 Å². The van der Waals surface area contributed by atoms with Gasteiger partial charge in [0, 0.05) is 17.8 Å². The Bertz CT molecular complexity index is 1350. The molecule has 1 aliphatic heterocycles. The molecule has 1 aliphatic rings. The summed E-state index contributed by atoms with van der Waals surface area (Å²) in [5, 5.41) is 12.2. The zero-order chi connectivity index (χ0) is 24.7. The molecule has 3 aromatic carbocycles. The van der Waals surface area contributed by atoms with Crippen molar-refractivity contribution in [1.29, 1.82) is 0 Å². The molecule has 2 heterocycles. The first-order valence-electron chi connectivity index (χ1n) is 11.2. The number of ether oxygens (including phenoxy) is 4. The molecule has 0 bridgehead atoms. The molecular formula is C26H24N4O5S. The number of benzene rings is 3. The number of hydrogen-bond acceptors (Lipinski definition) is 8. The van der Waals surface area contributed by atoms with Crippen LogP contribution in [0.15, 0.2) is 78.0 Å². The third-order valence-electron chi connectivity index (χ3n) is 5.37. The number of anilines is 1. The first-order valence-corrected chi connectivity index (χ1v) is 12.2. The molecule has 1 N–H and O–H groups in total. The van der Waals surface area contributed by atoms with Crippen LogP contribution in [0.2, 0.25) is 0 Å². The van der Waals surface area contributed by atoms with Crippen LogP contribution in [0.3, 0.4) is 0 Å². The van der Waals surface area contributed by atoms with E-state index in [1.165, 1.54) is 11.8 Å². The highest BCUT2D eigenvalue weighted by Gasteiger charge is 2.17. The van der Waals surface area contributed by atoms with Crippen LogP contribution < -0.4 is 24.3 Å². The average Bonchev–Trinajstić information content (AvgIpc) is 3.53. The van der Waals surface area contributed by atoms with E-state index in [0.29, 0.717) is 46.2 Å². The van der Waals surface area contributed by atoms with E-state index in [0.717, 1.165) is 5.56 Å². The van der Waals surface area contributed by atoms with E-state index in [9.17, 15) is 4.79 Å². The predicted octanol–water partition coefficient (Wildman–Crippen LogP) is 4.37. The Kier molecular flexibility index (Phi) is 7.23. The molecule has 184 valence electrons. The van der Waals surface area contributed by atoms with Crippen molar-refractivity contribution in [2.75, 3.05) is 25.0 Å².